The summed E-state index contributed by atoms with van der Waals surface area (Å²) < 4.78 is 29.1. The minimum Gasteiger partial charge on any atom is -0.349 e. The summed E-state index contributed by atoms with van der Waals surface area (Å²) in [5.74, 6) is 0.600. The zero-order valence-corrected chi connectivity index (χ0v) is 13.8. The van der Waals surface area contributed by atoms with Crippen molar-refractivity contribution >= 4 is 10.0 Å². The van der Waals surface area contributed by atoms with Crippen LogP contribution in [0.25, 0.3) is 0 Å². The van der Waals surface area contributed by atoms with Gasteiger partial charge in [-0.05, 0) is 38.8 Å². The van der Waals surface area contributed by atoms with Crippen LogP contribution in [0.5, 0.6) is 0 Å². The highest BCUT2D eigenvalue weighted by Gasteiger charge is 2.17. The Morgan fingerprint density at radius 3 is 2.60 bits per heavy atom. The fourth-order valence-corrected chi connectivity index (χ4v) is 3.23. The minimum absolute atomic E-state index is 0.356. The Labute approximate surface area is 122 Å². The highest BCUT2D eigenvalue weighted by molar-refractivity contribution is 7.89. The summed E-state index contributed by atoms with van der Waals surface area (Å²) >= 11 is 0. The van der Waals surface area contributed by atoms with Crippen molar-refractivity contribution in [1.82, 2.24) is 14.6 Å². The van der Waals surface area contributed by atoms with E-state index in [4.69, 9.17) is 0 Å². The summed E-state index contributed by atoms with van der Waals surface area (Å²) in [5.41, 5.74) is 0.984. The van der Waals surface area contributed by atoms with E-state index in [1.165, 1.54) is 0 Å². The minimum atomic E-state index is -3.39. The quantitative estimate of drug-likeness (QED) is 0.685. The molecule has 116 valence electrons. The topological polar surface area (TPSA) is 63.1 Å². The summed E-state index contributed by atoms with van der Waals surface area (Å²) in [6.07, 6.45) is 3.61. The van der Waals surface area contributed by atoms with Crippen molar-refractivity contribution in [2.45, 2.75) is 51.6 Å². The van der Waals surface area contributed by atoms with E-state index in [2.05, 4.69) is 23.9 Å². The van der Waals surface area contributed by atoms with Crippen molar-refractivity contribution in [3.05, 3.63) is 18.0 Å². The van der Waals surface area contributed by atoms with Crippen LogP contribution in [-0.2, 0) is 23.1 Å². The fourth-order valence-electron chi connectivity index (χ4n) is 2.10. The molecule has 6 heteroatoms. The molecule has 0 atom stereocenters. The Kier molecular flexibility index (Phi) is 6.71. The van der Waals surface area contributed by atoms with Crippen molar-refractivity contribution in [3.8, 4) is 0 Å². The number of nitrogens with one attached hydrogen (secondary N) is 2. The Bertz CT molecular complexity index is 506. The molecule has 1 heterocycles. The highest BCUT2D eigenvalue weighted by Crippen LogP contribution is 2.15. The van der Waals surface area contributed by atoms with Gasteiger partial charge in [-0.2, -0.15) is 0 Å². The number of aromatic nitrogens is 1. The van der Waals surface area contributed by atoms with Gasteiger partial charge in [0, 0.05) is 31.5 Å². The molecule has 0 aliphatic heterocycles. The molecule has 0 saturated carbocycles. The lowest BCUT2D eigenvalue weighted by Gasteiger charge is -2.06. The Morgan fingerprint density at radius 2 is 2.05 bits per heavy atom. The number of hydrogen-bond donors (Lipinski definition) is 2. The van der Waals surface area contributed by atoms with Crippen molar-refractivity contribution in [2.24, 2.45) is 5.92 Å². The Morgan fingerprint density at radius 1 is 1.35 bits per heavy atom. The van der Waals surface area contributed by atoms with Gasteiger partial charge in [0.1, 0.15) is 0 Å². The van der Waals surface area contributed by atoms with E-state index < -0.39 is 10.0 Å². The van der Waals surface area contributed by atoms with E-state index in [1.807, 2.05) is 18.5 Å². The smallest absolute Gasteiger partial charge is 0.242 e. The second kappa shape index (κ2) is 7.81. The van der Waals surface area contributed by atoms with Crippen molar-refractivity contribution < 1.29 is 8.42 Å². The van der Waals surface area contributed by atoms with Crippen LogP contribution in [0, 0.1) is 5.92 Å². The summed E-state index contributed by atoms with van der Waals surface area (Å²) in [7, 11) is -1.53. The molecule has 20 heavy (non-hydrogen) atoms. The maximum absolute atomic E-state index is 12.2. The van der Waals surface area contributed by atoms with Gasteiger partial charge in [0.05, 0.1) is 4.90 Å². The molecule has 2 N–H and O–H groups in total. The molecular formula is C14H27N3O2S. The summed E-state index contributed by atoms with van der Waals surface area (Å²) in [6.45, 7) is 8.21. The van der Waals surface area contributed by atoms with Gasteiger partial charge in [0.15, 0.2) is 0 Å². The van der Waals surface area contributed by atoms with Crippen LogP contribution in [0.3, 0.4) is 0 Å². The maximum atomic E-state index is 12.2. The number of rotatable bonds is 9. The monoisotopic (exact) mass is 301 g/mol. The van der Waals surface area contributed by atoms with Crippen LogP contribution in [0.1, 0.15) is 39.3 Å². The van der Waals surface area contributed by atoms with Crippen LogP contribution >= 0.6 is 0 Å². The fraction of sp³-hybridized carbons (Fsp3) is 0.714. The Hall–Kier alpha value is -0.850. The SMILES string of the molecule is CCn1cc(S(=O)(=O)NCCCC(C)C)cc1CNC. The van der Waals surface area contributed by atoms with Gasteiger partial charge < -0.3 is 9.88 Å². The van der Waals surface area contributed by atoms with Gasteiger partial charge in [-0.25, -0.2) is 13.1 Å². The second-order valence-electron chi connectivity index (χ2n) is 5.42. The average molecular weight is 301 g/mol. The molecule has 0 saturated heterocycles. The largest absolute Gasteiger partial charge is 0.349 e. The molecule has 0 aliphatic carbocycles. The molecule has 0 fully saturated rings. The molecule has 0 unspecified atom stereocenters. The lowest BCUT2D eigenvalue weighted by molar-refractivity contribution is 0.540. The van der Waals surface area contributed by atoms with E-state index in [1.54, 1.807) is 12.3 Å². The normalized spacial score (nSPS) is 12.2. The lowest BCUT2D eigenvalue weighted by Crippen LogP contribution is -2.24. The van der Waals surface area contributed by atoms with E-state index in [9.17, 15) is 8.42 Å². The van der Waals surface area contributed by atoms with E-state index in [-0.39, 0.29) is 0 Å². The molecule has 0 aliphatic rings. The van der Waals surface area contributed by atoms with Crippen LogP contribution in [0.4, 0.5) is 0 Å². The maximum Gasteiger partial charge on any atom is 0.242 e. The summed E-state index contributed by atoms with van der Waals surface area (Å²) in [5, 5.41) is 3.05. The molecule has 0 amide bonds. The van der Waals surface area contributed by atoms with E-state index in [0.29, 0.717) is 23.9 Å². The first-order valence-corrected chi connectivity index (χ1v) is 8.72. The van der Waals surface area contributed by atoms with E-state index in [0.717, 1.165) is 25.1 Å². The molecule has 0 bridgehead atoms. The highest BCUT2D eigenvalue weighted by atomic mass is 32.2. The molecule has 0 aromatic carbocycles. The first-order chi connectivity index (χ1) is 9.40. The molecule has 1 rings (SSSR count). The zero-order chi connectivity index (χ0) is 15.2. The van der Waals surface area contributed by atoms with Gasteiger partial charge in [-0.1, -0.05) is 13.8 Å². The molecular weight excluding hydrogens is 274 g/mol. The van der Waals surface area contributed by atoms with Crippen molar-refractivity contribution in [1.29, 1.82) is 0 Å². The third kappa shape index (κ3) is 4.92. The van der Waals surface area contributed by atoms with E-state index >= 15 is 0 Å². The molecule has 1 aromatic heterocycles. The predicted molar refractivity (Wildman–Crippen MR) is 82.1 cm³/mol. The molecule has 0 spiro atoms. The van der Waals surface area contributed by atoms with Crippen molar-refractivity contribution in [3.63, 3.8) is 0 Å². The number of hydrogen-bond acceptors (Lipinski definition) is 3. The van der Waals surface area contributed by atoms with Crippen LogP contribution < -0.4 is 10.0 Å². The standard InChI is InChI=1S/C14H27N3O2S/c1-5-17-11-14(9-13(17)10-15-4)20(18,19)16-8-6-7-12(2)3/h9,11-12,15-16H,5-8,10H2,1-4H3. The van der Waals surface area contributed by atoms with Crippen LogP contribution in [-0.4, -0.2) is 26.6 Å². The first-order valence-electron chi connectivity index (χ1n) is 7.24. The second-order valence-corrected chi connectivity index (χ2v) is 7.18. The molecule has 5 nitrogen and oxygen atoms in total. The van der Waals surface area contributed by atoms with Crippen LogP contribution in [0.2, 0.25) is 0 Å². The number of sulfonamides is 1. The number of aryl methyl sites for hydroxylation is 1. The lowest BCUT2D eigenvalue weighted by atomic mass is 10.1. The summed E-state index contributed by atoms with van der Waals surface area (Å²) in [4.78, 5) is 0.356. The third-order valence-electron chi connectivity index (χ3n) is 3.22. The summed E-state index contributed by atoms with van der Waals surface area (Å²) in [6, 6.07) is 1.74. The predicted octanol–water partition coefficient (Wildman–Crippen LogP) is 1.94. The molecule has 1 aromatic rings. The average Bonchev–Trinajstić information content (AvgIpc) is 2.79. The first kappa shape index (κ1) is 17.2. The Balaban J connectivity index is 2.71. The van der Waals surface area contributed by atoms with Crippen molar-refractivity contribution in [2.75, 3.05) is 13.6 Å². The van der Waals surface area contributed by atoms with Gasteiger partial charge in [0.2, 0.25) is 10.0 Å². The number of nitrogens with zero attached hydrogens (tertiary/aromatic N) is 1. The zero-order valence-electron chi connectivity index (χ0n) is 12.9. The van der Waals surface area contributed by atoms with Gasteiger partial charge >= 0.3 is 0 Å². The van der Waals surface area contributed by atoms with Gasteiger partial charge in [-0.3, -0.25) is 0 Å². The van der Waals surface area contributed by atoms with Gasteiger partial charge in [0.25, 0.3) is 0 Å². The van der Waals surface area contributed by atoms with Gasteiger partial charge in [-0.15, -0.1) is 0 Å². The molecule has 0 radical (unpaired) electrons. The third-order valence-corrected chi connectivity index (χ3v) is 4.65. The van der Waals surface area contributed by atoms with Crippen LogP contribution in [0.15, 0.2) is 17.2 Å².